The molecule has 61 heavy (non-hydrogen) atoms. The van der Waals surface area contributed by atoms with Gasteiger partial charge < -0.3 is 27.7 Å². The van der Waals surface area contributed by atoms with E-state index in [2.05, 4.69) is 39.8 Å². The second kappa shape index (κ2) is 23.7. The molecule has 338 valence electrons. The van der Waals surface area contributed by atoms with E-state index in [4.69, 9.17) is 0 Å². The molecule has 22 heteroatoms. The monoisotopic (exact) mass is 1040 g/mol. The van der Waals surface area contributed by atoms with Crippen LogP contribution in [0.25, 0.3) is 0 Å². The van der Waals surface area contributed by atoms with E-state index >= 15 is 35.1 Å². The third-order valence-corrected chi connectivity index (χ3v) is 8.29. The molecule has 0 aliphatic heterocycles. The molecule has 0 radical (unpaired) electrons. The van der Waals surface area contributed by atoms with E-state index in [-0.39, 0.29) is 39.9 Å². The fourth-order valence-electron chi connectivity index (χ4n) is 5.57. The Balaban J connectivity index is 0.000000986. The molecule has 0 bridgehead atoms. The zero-order valence-electron chi connectivity index (χ0n) is 30.5. The SMILES string of the molecule is Fc1c(F)c(F)c([B-](c2c(F)c(F)c(F)c(F)c2F)(c2c(F)c(F)c(F)c(F)c2F)c2c(F)c(F)c(F)c(F)c2F)c(F)c1F.[C-]1=CC=CC1.[CH2-]CCC[CH2-].[CH2-]CCC[CH2-].[Gd]. The summed E-state index contributed by atoms with van der Waals surface area (Å²) in [6.45, 7) is 14.5. The number of halogens is 20. The van der Waals surface area contributed by atoms with Gasteiger partial charge in [0.05, 0.1) is 0 Å². The maximum absolute atomic E-state index is 15.4. The molecule has 5 rings (SSSR count). The largest absolute Gasteiger partial charge is 0.343 e. The first-order chi connectivity index (χ1) is 28.0. The third kappa shape index (κ3) is 10.6. The first kappa shape index (κ1) is 55.4. The minimum absolute atomic E-state index is 0. The number of rotatable bonds is 8. The van der Waals surface area contributed by atoms with Crippen LogP contribution in [0.2, 0.25) is 0 Å². The molecule has 0 unspecified atom stereocenters. The van der Waals surface area contributed by atoms with Crippen LogP contribution < -0.4 is 21.9 Å². The van der Waals surface area contributed by atoms with E-state index in [1.54, 1.807) is 0 Å². The second-order valence-corrected chi connectivity index (χ2v) is 11.9. The maximum atomic E-state index is 15.4. The van der Waals surface area contributed by atoms with Crippen molar-refractivity contribution in [2.45, 2.75) is 44.9 Å². The topological polar surface area (TPSA) is 0 Å². The zero-order valence-corrected chi connectivity index (χ0v) is 32.8. The van der Waals surface area contributed by atoms with Crippen molar-refractivity contribution >= 4 is 28.0 Å². The van der Waals surface area contributed by atoms with Gasteiger partial charge in [0, 0.05) is 39.9 Å². The summed E-state index contributed by atoms with van der Waals surface area (Å²) in [7, 11) is 0. The van der Waals surface area contributed by atoms with Gasteiger partial charge in [-0.25, -0.2) is 100.0 Å². The van der Waals surface area contributed by atoms with Crippen molar-refractivity contribution in [1.82, 2.24) is 0 Å². The van der Waals surface area contributed by atoms with Gasteiger partial charge in [-0.2, -0.15) is 31.8 Å². The fraction of sp³-hybridized carbons (Fsp3) is 0.179. The first-order valence-electron chi connectivity index (χ1n) is 16.7. The van der Waals surface area contributed by atoms with E-state index < -0.39 is 144 Å². The number of unbranched alkanes of at least 4 members (excludes halogenated alkanes) is 4. The third-order valence-electron chi connectivity index (χ3n) is 8.29. The van der Waals surface area contributed by atoms with E-state index in [0.717, 1.165) is 32.1 Å². The van der Waals surface area contributed by atoms with Gasteiger partial charge >= 0.3 is 0 Å². The number of hydrogen-bond donors (Lipinski definition) is 0. The molecule has 0 amide bonds. The van der Waals surface area contributed by atoms with Gasteiger partial charge in [0.25, 0.3) is 0 Å². The van der Waals surface area contributed by atoms with Gasteiger partial charge in [0.2, 0.25) is 0 Å². The summed E-state index contributed by atoms with van der Waals surface area (Å²) in [4.78, 5) is 0. The minimum atomic E-state index is -7.22. The summed E-state index contributed by atoms with van der Waals surface area (Å²) in [5.74, 6) is -71.4. The summed E-state index contributed by atoms with van der Waals surface area (Å²) in [6.07, 6.45) is 9.24. The average molecular weight is 1040 g/mol. The first-order valence-corrected chi connectivity index (χ1v) is 16.7. The van der Waals surface area contributed by atoms with Crippen molar-refractivity contribution in [1.29, 1.82) is 0 Å². The normalized spacial score (nSPS) is 11.7. The number of hydrogen-bond acceptors (Lipinski definition) is 0. The standard InChI is InChI=1S/C24BF20.C5H5.2C5H10.Gd/c26-5-1(6(27)14(35)21(42)13(5)34)25(2-7(28)15(36)22(43)16(37)8(2)29,3-9(30)17(38)23(44)18(39)10(3)31)4-11(32)19(40)24(45)20(41)12(4)33;1-2-4-5-3-1;2*1-3-5-4-2;/h;1-3H,4H2;2*1-5H2;/q2*-1;2*-2;. The van der Waals surface area contributed by atoms with Crippen molar-refractivity contribution in [2.75, 3.05) is 0 Å². The Morgan fingerprint density at radius 1 is 0.344 bits per heavy atom. The van der Waals surface area contributed by atoms with Crippen molar-refractivity contribution < 1.29 is 128 Å². The molecule has 0 saturated carbocycles. The molecule has 0 fully saturated rings. The molecule has 0 spiro atoms. The van der Waals surface area contributed by atoms with Crippen LogP contribution in [0.5, 0.6) is 0 Å². The molecule has 1 aliphatic rings. The van der Waals surface area contributed by atoms with Crippen LogP contribution in [-0.2, 0) is 0 Å². The molecule has 1 aliphatic carbocycles. The Morgan fingerprint density at radius 2 is 0.525 bits per heavy atom. The molecule has 0 nitrogen and oxygen atoms in total. The van der Waals surface area contributed by atoms with E-state index in [1.807, 2.05) is 12.2 Å². The molecule has 0 heterocycles. The van der Waals surface area contributed by atoms with Gasteiger partial charge in [-0.3, -0.25) is 6.08 Å². The molecule has 0 aromatic heterocycles. The van der Waals surface area contributed by atoms with E-state index in [0.29, 0.717) is 0 Å². The molecule has 0 N–H and O–H groups in total. The molecule has 4 aromatic rings. The quantitative estimate of drug-likeness (QED) is 0.0542. The van der Waals surface area contributed by atoms with Gasteiger partial charge in [0.1, 0.15) is 52.7 Å². The van der Waals surface area contributed by atoms with Crippen LogP contribution in [0, 0.1) is 190 Å². The summed E-state index contributed by atoms with van der Waals surface area (Å²) >= 11 is 0. The van der Waals surface area contributed by atoms with Crippen molar-refractivity contribution in [2.24, 2.45) is 0 Å². The van der Waals surface area contributed by atoms with Crippen LogP contribution in [0.4, 0.5) is 87.8 Å². The van der Waals surface area contributed by atoms with Crippen LogP contribution in [-0.4, -0.2) is 6.15 Å². The number of allylic oxidation sites excluding steroid dienone is 4. The molecular formula is C39H25BF20Gd-6. The minimum Gasteiger partial charge on any atom is -0.343 e. The van der Waals surface area contributed by atoms with Crippen LogP contribution in [0.3, 0.4) is 0 Å². The summed E-state index contributed by atoms with van der Waals surface area (Å²) in [5.41, 5.74) is -14.3. The average Bonchev–Trinajstić information content (AvgIpc) is 3.83. The van der Waals surface area contributed by atoms with Gasteiger partial charge in [0.15, 0.2) is 69.8 Å². The summed E-state index contributed by atoms with van der Waals surface area (Å²) < 4.78 is 294. The maximum Gasteiger partial charge on any atom is 0.200 e. The van der Waals surface area contributed by atoms with E-state index in [9.17, 15) is 52.7 Å². The van der Waals surface area contributed by atoms with Crippen LogP contribution in [0.15, 0.2) is 18.2 Å². The van der Waals surface area contributed by atoms with Crippen LogP contribution >= 0.6 is 0 Å². The summed E-state index contributed by atoms with van der Waals surface area (Å²) in [5, 5.41) is 0. The molecule has 4 aromatic carbocycles. The zero-order chi connectivity index (χ0) is 46.1. The smallest absolute Gasteiger partial charge is 0.200 e. The molecule has 0 saturated heterocycles. The van der Waals surface area contributed by atoms with Crippen LogP contribution in [0.1, 0.15) is 44.9 Å². The Kier molecular flexibility index (Phi) is 21.5. The fourth-order valence-corrected chi connectivity index (χ4v) is 5.57. The van der Waals surface area contributed by atoms with Crippen molar-refractivity contribution in [3.05, 3.63) is 168 Å². The Morgan fingerprint density at radius 3 is 0.623 bits per heavy atom. The van der Waals surface area contributed by atoms with Gasteiger partial charge in [-0.1, -0.05) is 0 Å². The molecule has 0 atom stereocenters. The van der Waals surface area contributed by atoms with Crippen molar-refractivity contribution in [3.8, 4) is 0 Å². The Hall–Kier alpha value is -3.65. The van der Waals surface area contributed by atoms with Gasteiger partial charge in [-0.15, -0.1) is 41.1 Å². The predicted octanol–water partition coefficient (Wildman–Crippen LogP) is 10.8. The van der Waals surface area contributed by atoms with Gasteiger partial charge in [-0.05, 0) is 0 Å². The Bertz CT molecular complexity index is 1850. The number of benzene rings is 4. The summed E-state index contributed by atoms with van der Waals surface area (Å²) in [6, 6.07) is 0. The van der Waals surface area contributed by atoms with Crippen molar-refractivity contribution in [3.63, 3.8) is 0 Å². The van der Waals surface area contributed by atoms with E-state index in [1.165, 1.54) is 12.8 Å². The second-order valence-electron chi connectivity index (χ2n) is 11.9. The Labute approximate surface area is 367 Å². The molecular weight excluding hydrogens is 1020 g/mol. The predicted molar refractivity (Wildman–Crippen MR) is 180 cm³/mol.